The highest BCUT2D eigenvalue weighted by molar-refractivity contribution is 9.10. The Morgan fingerprint density at radius 1 is 0.688 bits per heavy atom. The van der Waals surface area contributed by atoms with Crippen LogP contribution in [0.3, 0.4) is 0 Å². The molecule has 0 nitrogen and oxygen atoms in total. The van der Waals surface area contributed by atoms with Crippen molar-refractivity contribution in [3.05, 3.63) is 56.5 Å². The zero-order chi connectivity index (χ0) is 11.1. The molecule has 0 unspecified atom stereocenters. The van der Waals surface area contributed by atoms with Gasteiger partial charge in [0.2, 0.25) is 0 Å². The van der Waals surface area contributed by atoms with Gasteiger partial charge in [0.05, 0.1) is 0 Å². The Morgan fingerprint density at radius 3 is 1.56 bits per heavy atom. The van der Waals surface area contributed by atoms with E-state index in [4.69, 9.17) is 0 Å². The fraction of sp³-hybridized carbons (Fsp3) is 0.143. The first-order chi connectivity index (χ1) is 7.77. The molecule has 2 aromatic rings. The summed E-state index contributed by atoms with van der Waals surface area (Å²) in [5, 5.41) is 0. The molecule has 80 valence electrons. The van der Waals surface area contributed by atoms with Crippen molar-refractivity contribution in [1.29, 1.82) is 0 Å². The minimum Gasteiger partial charge on any atom is -0.0605 e. The van der Waals surface area contributed by atoms with Crippen LogP contribution in [0.2, 0.25) is 0 Å². The molecule has 0 heterocycles. The Morgan fingerprint density at radius 2 is 1.12 bits per heavy atom. The molecule has 0 aromatic heterocycles. The van der Waals surface area contributed by atoms with Crippen LogP contribution in [-0.4, -0.2) is 0 Å². The van der Waals surface area contributed by atoms with Crippen molar-refractivity contribution in [2.45, 2.75) is 12.8 Å². The molecule has 0 N–H and O–H groups in total. The third-order valence-electron chi connectivity index (χ3n) is 3.15. The van der Waals surface area contributed by atoms with Gasteiger partial charge < -0.3 is 0 Å². The van der Waals surface area contributed by atoms with Gasteiger partial charge in [-0.2, -0.15) is 0 Å². The summed E-state index contributed by atoms with van der Waals surface area (Å²) >= 11 is 7.28. The molecule has 2 heteroatoms. The molecule has 0 saturated heterocycles. The van der Waals surface area contributed by atoms with Crippen molar-refractivity contribution >= 4 is 31.9 Å². The maximum Gasteiger partial charge on any atom is 0.0213 e. The van der Waals surface area contributed by atoms with Gasteiger partial charge in [0, 0.05) is 8.95 Å². The summed E-state index contributed by atoms with van der Waals surface area (Å²) < 4.78 is 2.46. The zero-order valence-electron chi connectivity index (χ0n) is 8.63. The van der Waals surface area contributed by atoms with Crippen LogP contribution >= 0.6 is 31.9 Å². The lowest BCUT2D eigenvalue weighted by molar-refractivity contribution is 0.931. The van der Waals surface area contributed by atoms with Crippen molar-refractivity contribution in [2.75, 3.05) is 0 Å². The van der Waals surface area contributed by atoms with Gasteiger partial charge in [0.15, 0.2) is 0 Å². The fourth-order valence-electron chi connectivity index (χ4n) is 2.38. The predicted octanol–water partition coefficient (Wildman–Crippen LogP) is 4.98. The lowest BCUT2D eigenvalue weighted by Crippen LogP contribution is -2.05. The molecule has 0 atom stereocenters. The van der Waals surface area contributed by atoms with Gasteiger partial charge in [-0.3, -0.25) is 0 Å². The molecule has 2 aromatic carbocycles. The van der Waals surface area contributed by atoms with E-state index in [-0.39, 0.29) is 0 Å². The summed E-state index contributed by atoms with van der Waals surface area (Å²) in [6.07, 6.45) is 2.23. The Bertz CT molecular complexity index is 507. The number of halogens is 2. The monoisotopic (exact) mass is 336 g/mol. The van der Waals surface area contributed by atoms with E-state index >= 15 is 0 Å². The van der Waals surface area contributed by atoms with Gasteiger partial charge in [-0.1, -0.05) is 56.1 Å². The Kier molecular flexibility index (Phi) is 2.64. The summed E-state index contributed by atoms with van der Waals surface area (Å²) in [5.74, 6) is 0. The predicted molar refractivity (Wildman–Crippen MR) is 74.7 cm³/mol. The third-order valence-corrected chi connectivity index (χ3v) is 4.64. The van der Waals surface area contributed by atoms with Gasteiger partial charge in [-0.25, -0.2) is 0 Å². The van der Waals surface area contributed by atoms with Crippen molar-refractivity contribution in [3.63, 3.8) is 0 Å². The van der Waals surface area contributed by atoms with E-state index in [1.807, 2.05) is 0 Å². The van der Waals surface area contributed by atoms with Crippen LogP contribution in [-0.2, 0) is 12.8 Å². The molecule has 0 amide bonds. The lowest BCUT2D eigenvalue weighted by atomic mass is 9.86. The smallest absolute Gasteiger partial charge is 0.0213 e. The standard InChI is InChI=1S/C14H10Br2/c15-13-5-1-3-9-10-4-2-6-14(16)12(10)8-7-11(9)13/h1-6H,7-8H2. The first-order valence-corrected chi connectivity index (χ1v) is 6.91. The highest BCUT2D eigenvalue weighted by Crippen LogP contribution is 2.39. The maximum absolute atomic E-state index is 3.64. The number of rotatable bonds is 0. The van der Waals surface area contributed by atoms with E-state index in [2.05, 4.69) is 68.3 Å². The third kappa shape index (κ3) is 1.56. The second-order valence-electron chi connectivity index (χ2n) is 4.03. The minimum absolute atomic E-state index is 1.12. The van der Waals surface area contributed by atoms with Crippen molar-refractivity contribution in [2.24, 2.45) is 0 Å². The van der Waals surface area contributed by atoms with Crippen molar-refractivity contribution in [3.8, 4) is 11.1 Å². The normalized spacial score (nSPS) is 13.1. The van der Waals surface area contributed by atoms with Gasteiger partial charge in [0.1, 0.15) is 0 Å². The molecule has 1 aliphatic carbocycles. The first-order valence-electron chi connectivity index (χ1n) is 5.32. The average Bonchev–Trinajstić information content (AvgIpc) is 2.30. The van der Waals surface area contributed by atoms with Gasteiger partial charge >= 0.3 is 0 Å². The van der Waals surface area contributed by atoms with Crippen LogP contribution in [0.1, 0.15) is 11.1 Å². The zero-order valence-corrected chi connectivity index (χ0v) is 11.8. The topological polar surface area (TPSA) is 0 Å². The van der Waals surface area contributed by atoms with E-state index in [0.717, 1.165) is 12.8 Å². The highest BCUT2D eigenvalue weighted by Gasteiger charge is 2.18. The van der Waals surface area contributed by atoms with Gasteiger partial charge in [-0.15, -0.1) is 0 Å². The van der Waals surface area contributed by atoms with Gasteiger partial charge in [-0.05, 0) is 47.2 Å². The van der Waals surface area contributed by atoms with E-state index in [9.17, 15) is 0 Å². The summed E-state index contributed by atoms with van der Waals surface area (Å²) in [7, 11) is 0. The molecule has 0 aliphatic heterocycles. The van der Waals surface area contributed by atoms with Crippen LogP contribution < -0.4 is 0 Å². The van der Waals surface area contributed by atoms with E-state index in [0.29, 0.717) is 0 Å². The molecular formula is C14H10Br2. The number of hydrogen-bond acceptors (Lipinski definition) is 0. The summed E-state index contributed by atoms with van der Waals surface area (Å²) in [4.78, 5) is 0. The largest absolute Gasteiger partial charge is 0.0605 e. The van der Waals surface area contributed by atoms with Crippen LogP contribution in [0, 0.1) is 0 Å². The first kappa shape index (κ1) is 10.5. The summed E-state index contributed by atoms with van der Waals surface area (Å²) in [6.45, 7) is 0. The molecule has 1 aliphatic rings. The quantitative estimate of drug-likeness (QED) is 0.636. The number of hydrogen-bond donors (Lipinski definition) is 0. The maximum atomic E-state index is 3.64. The molecule has 0 bridgehead atoms. The fourth-order valence-corrected chi connectivity index (χ4v) is 3.51. The summed E-state index contributed by atoms with van der Waals surface area (Å²) in [5.41, 5.74) is 5.62. The minimum atomic E-state index is 1.12. The van der Waals surface area contributed by atoms with Gasteiger partial charge in [0.25, 0.3) is 0 Å². The Balaban J connectivity index is 2.32. The second-order valence-corrected chi connectivity index (χ2v) is 5.74. The molecule has 3 rings (SSSR count). The van der Waals surface area contributed by atoms with E-state index in [1.165, 1.54) is 31.2 Å². The van der Waals surface area contributed by atoms with E-state index in [1.54, 1.807) is 0 Å². The van der Waals surface area contributed by atoms with Crippen LogP contribution in [0.15, 0.2) is 45.3 Å². The van der Waals surface area contributed by atoms with Crippen LogP contribution in [0.25, 0.3) is 11.1 Å². The molecule has 0 saturated carbocycles. The van der Waals surface area contributed by atoms with Crippen LogP contribution in [0.4, 0.5) is 0 Å². The number of fused-ring (bicyclic) bond motifs is 3. The van der Waals surface area contributed by atoms with E-state index < -0.39 is 0 Å². The van der Waals surface area contributed by atoms with Crippen molar-refractivity contribution in [1.82, 2.24) is 0 Å². The van der Waals surface area contributed by atoms with Crippen LogP contribution in [0.5, 0.6) is 0 Å². The molecule has 16 heavy (non-hydrogen) atoms. The molecule has 0 fully saturated rings. The lowest BCUT2D eigenvalue weighted by Gasteiger charge is -2.21. The molecule has 0 spiro atoms. The SMILES string of the molecule is Brc1cccc2c1CCc1c(Br)cccc1-2. The Hall–Kier alpha value is -0.600. The highest BCUT2D eigenvalue weighted by atomic mass is 79.9. The van der Waals surface area contributed by atoms with Crippen molar-refractivity contribution < 1.29 is 0 Å². The molecule has 0 radical (unpaired) electrons. The molecular weight excluding hydrogens is 328 g/mol. The Labute approximate surface area is 112 Å². The summed E-state index contributed by atoms with van der Waals surface area (Å²) in [6, 6.07) is 12.9. The average molecular weight is 338 g/mol. The second kappa shape index (κ2) is 4.01. The number of benzene rings is 2.